The fourth-order valence-electron chi connectivity index (χ4n) is 7.81. The number of nitrogens with zero attached hydrogens (tertiary/aromatic N) is 1. The Balaban J connectivity index is 1.30. The number of aliphatic hydroxyl groups is 2. The number of allylic oxidation sites excluding steroid dienone is 3. The van der Waals surface area contributed by atoms with E-state index in [9.17, 15) is 10.2 Å². The topological polar surface area (TPSA) is 52.9 Å². The summed E-state index contributed by atoms with van der Waals surface area (Å²) in [5.41, 5.74) is 4.19. The van der Waals surface area contributed by atoms with Gasteiger partial charge in [-0.3, -0.25) is 4.90 Å². The number of morpholine rings is 1. The van der Waals surface area contributed by atoms with Crippen molar-refractivity contribution in [1.82, 2.24) is 4.90 Å². The molecule has 5 rings (SSSR count). The van der Waals surface area contributed by atoms with Crippen LogP contribution in [-0.4, -0.2) is 59.2 Å². The fraction of sp³-hybridized carbons (Fsp3) is 0.786. The van der Waals surface area contributed by atoms with Gasteiger partial charge in [-0.15, -0.1) is 0 Å². The maximum Gasteiger partial charge on any atom is 0.0811 e. The van der Waals surface area contributed by atoms with Crippen molar-refractivity contribution in [2.45, 2.75) is 89.4 Å². The van der Waals surface area contributed by atoms with Crippen molar-refractivity contribution in [2.75, 3.05) is 26.3 Å². The second-order valence-electron chi connectivity index (χ2n) is 11.9. The molecule has 0 bridgehead atoms. The number of hydrogen-bond acceptors (Lipinski definition) is 4. The second kappa shape index (κ2) is 8.69. The van der Waals surface area contributed by atoms with Crippen molar-refractivity contribution in [1.29, 1.82) is 0 Å². The van der Waals surface area contributed by atoms with Gasteiger partial charge in [-0.05, 0) is 85.7 Å². The van der Waals surface area contributed by atoms with E-state index < -0.39 is 12.2 Å². The number of hydrogen-bond donors (Lipinski definition) is 2. The Labute approximate surface area is 194 Å². The molecule has 4 aliphatic carbocycles. The zero-order valence-electron chi connectivity index (χ0n) is 20.2. The van der Waals surface area contributed by atoms with Crippen molar-refractivity contribution in [2.24, 2.45) is 23.2 Å². The maximum atomic E-state index is 10.2. The highest BCUT2D eigenvalue weighted by Gasteiger charge is 2.53. The van der Waals surface area contributed by atoms with Gasteiger partial charge in [0.15, 0.2) is 0 Å². The van der Waals surface area contributed by atoms with Crippen LogP contribution < -0.4 is 0 Å². The smallest absolute Gasteiger partial charge is 0.0811 e. The molecule has 0 amide bonds. The van der Waals surface area contributed by atoms with E-state index >= 15 is 0 Å². The minimum atomic E-state index is -0.605. The first-order valence-electron chi connectivity index (χ1n) is 13.1. The molecule has 2 unspecified atom stereocenters. The Bertz CT molecular complexity index is 796. The summed E-state index contributed by atoms with van der Waals surface area (Å²) in [7, 11) is 0. The van der Waals surface area contributed by atoms with E-state index in [1.54, 1.807) is 5.57 Å². The van der Waals surface area contributed by atoms with E-state index in [-0.39, 0.29) is 0 Å². The molecular formula is C28H43NO3. The standard InChI is InChI=1S/C28H43NO3/c1-19(17-29-13-14-32-18-28(29)11-12-28)24-8-9-25-21(5-4-10-27(24,25)3)6-7-22-15-23(30)16-26(31)20(22)2/h6-7,19,23-26,30-31H,2,4-5,8-18H2,1,3H3/b21-6+,22-7-/t19-,23?,24-,25+,26?,27-/m1/s1. The Morgan fingerprint density at radius 2 is 2.03 bits per heavy atom. The van der Waals surface area contributed by atoms with Gasteiger partial charge < -0.3 is 14.9 Å². The molecule has 1 spiro atoms. The lowest BCUT2D eigenvalue weighted by Gasteiger charge is -2.46. The molecule has 5 fully saturated rings. The normalized spacial score (nSPS) is 43.1. The molecule has 6 atom stereocenters. The lowest BCUT2D eigenvalue weighted by Crippen LogP contribution is -2.50. The quantitative estimate of drug-likeness (QED) is 0.668. The van der Waals surface area contributed by atoms with E-state index in [0.717, 1.165) is 42.7 Å². The van der Waals surface area contributed by atoms with Gasteiger partial charge in [0.2, 0.25) is 0 Å². The molecule has 2 N–H and O–H groups in total. The van der Waals surface area contributed by atoms with Gasteiger partial charge in [0.1, 0.15) is 0 Å². The first kappa shape index (κ1) is 22.8. The largest absolute Gasteiger partial charge is 0.393 e. The van der Waals surface area contributed by atoms with Crippen LogP contribution in [0.25, 0.3) is 0 Å². The molecule has 4 heteroatoms. The molecular weight excluding hydrogens is 398 g/mol. The minimum Gasteiger partial charge on any atom is -0.393 e. The zero-order chi connectivity index (χ0) is 22.5. The summed E-state index contributed by atoms with van der Waals surface area (Å²) in [6.07, 6.45) is 13.6. The molecule has 5 aliphatic rings. The Hall–Kier alpha value is -0.940. The third-order valence-electron chi connectivity index (χ3n) is 9.87. The average molecular weight is 442 g/mol. The summed E-state index contributed by atoms with van der Waals surface area (Å²) >= 11 is 0. The van der Waals surface area contributed by atoms with Gasteiger partial charge in [0, 0.05) is 25.0 Å². The summed E-state index contributed by atoms with van der Waals surface area (Å²) in [6, 6.07) is 0. The highest BCUT2D eigenvalue weighted by atomic mass is 16.5. The van der Waals surface area contributed by atoms with Crippen LogP contribution in [-0.2, 0) is 4.74 Å². The van der Waals surface area contributed by atoms with E-state index in [1.165, 1.54) is 51.5 Å². The monoisotopic (exact) mass is 441 g/mol. The van der Waals surface area contributed by atoms with Crippen molar-refractivity contribution >= 4 is 0 Å². The van der Waals surface area contributed by atoms with Gasteiger partial charge >= 0.3 is 0 Å². The van der Waals surface area contributed by atoms with E-state index in [2.05, 4.69) is 37.5 Å². The van der Waals surface area contributed by atoms with Crippen molar-refractivity contribution in [3.05, 3.63) is 35.5 Å². The molecule has 0 radical (unpaired) electrons. The molecule has 0 aromatic rings. The summed E-state index contributed by atoms with van der Waals surface area (Å²) in [5.74, 6) is 2.18. The molecule has 32 heavy (non-hydrogen) atoms. The second-order valence-corrected chi connectivity index (χ2v) is 11.9. The molecule has 1 heterocycles. The summed E-state index contributed by atoms with van der Waals surface area (Å²) < 4.78 is 5.81. The number of fused-ring (bicyclic) bond motifs is 1. The predicted molar refractivity (Wildman–Crippen MR) is 128 cm³/mol. The van der Waals surface area contributed by atoms with E-state index in [0.29, 0.717) is 29.7 Å². The van der Waals surface area contributed by atoms with E-state index in [4.69, 9.17) is 4.74 Å². The molecule has 1 saturated heterocycles. The molecule has 1 aliphatic heterocycles. The number of rotatable bonds is 4. The highest BCUT2D eigenvalue weighted by molar-refractivity contribution is 5.38. The summed E-state index contributed by atoms with van der Waals surface area (Å²) in [4.78, 5) is 2.77. The first-order valence-corrected chi connectivity index (χ1v) is 13.1. The van der Waals surface area contributed by atoms with Crippen LogP contribution in [0.1, 0.15) is 71.6 Å². The van der Waals surface area contributed by atoms with Crippen LogP contribution in [0.5, 0.6) is 0 Å². The maximum absolute atomic E-state index is 10.2. The average Bonchev–Trinajstić information content (AvgIpc) is 3.43. The molecule has 4 saturated carbocycles. The van der Waals surface area contributed by atoms with Gasteiger partial charge in [-0.1, -0.05) is 38.2 Å². The van der Waals surface area contributed by atoms with Gasteiger partial charge in [0.05, 0.1) is 25.4 Å². The molecule has 0 aromatic carbocycles. The lowest BCUT2D eigenvalue weighted by molar-refractivity contribution is -0.0357. The Kier molecular flexibility index (Phi) is 6.20. The fourth-order valence-corrected chi connectivity index (χ4v) is 7.81. The first-order chi connectivity index (χ1) is 15.3. The summed E-state index contributed by atoms with van der Waals surface area (Å²) in [5, 5.41) is 20.3. The lowest BCUT2D eigenvalue weighted by atomic mass is 9.61. The van der Waals surface area contributed by atoms with Crippen LogP contribution in [0.3, 0.4) is 0 Å². The Morgan fingerprint density at radius 3 is 2.81 bits per heavy atom. The number of ether oxygens (including phenoxy) is 1. The van der Waals surface area contributed by atoms with Gasteiger partial charge in [-0.25, -0.2) is 0 Å². The van der Waals surface area contributed by atoms with Crippen LogP contribution in [0, 0.1) is 23.2 Å². The Morgan fingerprint density at radius 1 is 1.22 bits per heavy atom. The highest BCUT2D eigenvalue weighted by Crippen LogP contribution is 2.59. The zero-order valence-corrected chi connectivity index (χ0v) is 20.2. The van der Waals surface area contributed by atoms with Crippen molar-refractivity contribution in [3.63, 3.8) is 0 Å². The summed E-state index contributed by atoms with van der Waals surface area (Å²) in [6.45, 7) is 13.4. The van der Waals surface area contributed by atoms with Gasteiger partial charge in [0.25, 0.3) is 0 Å². The molecule has 4 nitrogen and oxygen atoms in total. The van der Waals surface area contributed by atoms with Gasteiger partial charge in [-0.2, -0.15) is 0 Å². The minimum absolute atomic E-state index is 0.382. The van der Waals surface area contributed by atoms with E-state index in [1.807, 2.05) is 0 Å². The van der Waals surface area contributed by atoms with Crippen LogP contribution in [0.15, 0.2) is 35.5 Å². The molecule has 178 valence electrons. The van der Waals surface area contributed by atoms with Crippen molar-refractivity contribution in [3.8, 4) is 0 Å². The third kappa shape index (κ3) is 4.06. The predicted octanol–water partition coefficient (Wildman–Crippen LogP) is 4.63. The SMILES string of the molecule is C=C1/C(=C\C=C2/CCC[C@]3(C)[C@@H]([C@H](C)CN4CCOCC45CC5)CC[C@@H]23)CC(O)CC1O. The number of aliphatic hydroxyl groups excluding tert-OH is 2. The van der Waals surface area contributed by atoms with Crippen LogP contribution in [0.2, 0.25) is 0 Å². The molecule has 0 aromatic heterocycles. The third-order valence-corrected chi connectivity index (χ3v) is 9.87. The van der Waals surface area contributed by atoms with Crippen LogP contribution in [0.4, 0.5) is 0 Å². The van der Waals surface area contributed by atoms with Crippen LogP contribution >= 0.6 is 0 Å². The van der Waals surface area contributed by atoms with Crippen molar-refractivity contribution < 1.29 is 14.9 Å².